The summed E-state index contributed by atoms with van der Waals surface area (Å²) in [6.45, 7) is 7.57. The smallest absolute Gasteiger partial charge is 0.164 e. The molecule has 1 unspecified atom stereocenters. The van der Waals surface area contributed by atoms with Crippen molar-refractivity contribution in [2.45, 2.75) is 45.1 Å². The molecule has 1 atom stereocenters. The minimum Gasteiger partial charge on any atom is -0.493 e. The van der Waals surface area contributed by atoms with E-state index in [0.717, 1.165) is 34.9 Å². The first-order valence-electron chi connectivity index (χ1n) is 7.14. The van der Waals surface area contributed by atoms with E-state index in [1.807, 2.05) is 6.07 Å². The summed E-state index contributed by atoms with van der Waals surface area (Å²) in [6, 6.07) is 1.87. The van der Waals surface area contributed by atoms with Crippen LogP contribution in [-0.2, 0) is 5.54 Å². The molecule has 4 heteroatoms. The molecule has 1 fully saturated rings. The third-order valence-electron chi connectivity index (χ3n) is 4.16. The first kappa shape index (κ1) is 15.5. The second-order valence-corrected chi connectivity index (χ2v) is 6.31. The Balaban J connectivity index is 2.72. The van der Waals surface area contributed by atoms with Gasteiger partial charge in [-0.05, 0) is 37.8 Å². The molecule has 1 N–H and O–H groups in total. The maximum absolute atomic E-state index is 6.58. The summed E-state index contributed by atoms with van der Waals surface area (Å²) in [6.07, 6.45) is 2.25. The maximum Gasteiger partial charge on any atom is 0.164 e. The van der Waals surface area contributed by atoms with E-state index in [1.165, 1.54) is 6.42 Å². The van der Waals surface area contributed by atoms with Crippen LogP contribution < -0.4 is 14.8 Å². The van der Waals surface area contributed by atoms with Crippen molar-refractivity contribution in [3.63, 3.8) is 0 Å². The van der Waals surface area contributed by atoms with Crippen molar-refractivity contribution < 1.29 is 9.47 Å². The Labute approximate surface area is 126 Å². The van der Waals surface area contributed by atoms with Crippen LogP contribution in [0.1, 0.15) is 50.7 Å². The van der Waals surface area contributed by atoms with Gasteiger partial charge in [-0.3, -0.25) is 0 Å². The molecule has 0 amide bonds. The molecule has 0 bridgehead atoms. The van der Waals surface area contributed by atoms with Crippen molar-refractivity contribution in [3.8, 4) is 11.5 Å². The van der Waals surface area contributed by atoms with Gasteiger partial charge < -0.3 is 14.8 Å². The monoisotopic (exact) mass is 297 g/mol. The molecule has 112 valence electrons. The summed E-state index contributed by atoms with van der Waals surface area (Å²) in [7, 11) is 3.33. The van der Waals surface area contributed by atoms with Gasteiger partial charge in [-0.1, -0.05) is 25.4 Å². The van der Waals surface area contributed by atoms with Gasteiger partial charge in [0.25, 0.3) is 0 Å². The van der Waals surface area contributed by atoms with Crippen LogP contribution in [0.15, 0.2) is 6.07 Å². The summed E-state index contributed by atoms with van der Waals surface area (Å²) >= 11 is 6.58. The highest BCUT2D eigenvalue weighted by molar-refractivity contribution is 6.31. The normalized spacial score (nSPS) is 22.4. The topological polar surface area (TPSA) is 30.5 Å². The molecular weight excluding hydrogens is 274 g/mol. The highest BCUT2D eigenvalue weighted by Gasteiger charge is 2.36. The molecule has 1 aromatic carbocycles. The van der Waals surface area contributed by atoms with Gasteiger partial charge in [0.05, 0.1) is 14.2 Å². The summed E-state index contributed by atoms with van der Waals surface area (Å²) in [4.78, 5) is 0. The molecule has 3 nitrogen and oxygen atoms in total. The Morgan fingerprint density at radius 1 is 1.30 bits per heavy atom. The maximum atomic E-state index is 6.58. The van der Waals surface area contributed by atoms with Crippen molar-refractivity contribution in [1.29, 1.82) is 0 Å². The van der Waals surface area contributed by atoms with E-state index in [4.69, 9.17) is 21.1 Å². The van der Waals surface area contributed by atoms with Crippen molar-refractivity contribution in [2.75, 3.05) is 20.8 Å². The average Bonchev–Trinajstić information content (AvgIpc) is 2.84. The Bertz CT molecular complexity index is 494. The second kappa shape index (κ2) is 5.82. The number of ether oxygens (including phenoxy) is 2. The zero-order valence-corrected chi connectivity index (χ0v) is 13.7. The van der Waals surface area contributed by atoms with E-state index < -0.39 is 0 Å². The molecule has 1 aliphatic rings. The Hall–Kier alpha value is -0.930. The fourth-order valence-corrected chi connectivity index (χ4v) is 3.62. The molecule has 1 aliphatic heterocycles. The Kier molecular flexibility index (Phi) is 4.50. The molecule has 1 heterocycles. The number of benzene rings is 1. The summed E-state index contributed by atoms with van der Waals surface area (Å²) < 4.78 is 11.0. The van der Waals surface area contributed by atoms with Crippen molar-refractivity contribution >= 4 is 11.6 Å². The van der Waals surface area contributed by atoms with Gasteiger partial charge in [0.2, 0.25) is 0 Å². The van der Waals surface area contributed by atoms with E-state index >= 15 is 0 Å². The minimum atomic E-state index is -0.0871. The van der Waals surface area contributed by atoms with Crippen LogP contribution >= 0.6 is 11.6 Å². The zero-order chi connectivity index (χ0) is 14.9. The average molecular weight is 298 g/mol. The highest BCUT2D eigenvalue weighted by Crippen LogP contribution is 2.47. The third-order valence-corrected chi connectivity index (χ3v) is 4.45. The Morgan fingerprint density at radius 3 is 2.45 bits per heavy atom. The molecule has 1 aromatic rings. The lowest BCUT2D eigenvalue weighted by Crippen LogP contribution is -2.35. The fraction of sp³-hybridized carbons (Fsp3) is 0.625. The molecule has 1 saturated heterocycles. The molecule has 0 aromatic heterocycles. The first-order valence-corrected chi connectivity index (χ1v) is 7.52. The molecule has 0 radical (unpaired) electrons. The summed E-state index contributed by atoms with van der Waals surface area (Å²) in [5, 5.41) is 4.35. The molecule has 20 heavy (non-hydrogen) atoms. The lowest BCUT2D eigenvalue weighted by molar-refractivity contribution is 0.345. The predicted molar refractivity (Wildman–Crippen MR) is 83.2 cm³/mol. The minimum absolute atomic E-state index is 0.0871. The third kappa shape index (κ3) is 2.49. The van der Waals surface area contributed by atoms with Crippen molar-refractivity contribution in [1.82, 2.24) is 5.32 Å². The van der Waals surface area contributed by atoms with E-state index in [2.05, 4.69) is 26.1 Å². The lowest BCUT2D eigenvalue weighted by atomic mass is 9.82. The van der Waals surface area contributed by atoms with Crippen LogP contribution in [0, 0.1) is 0 Å². The Morgan fingerprint density at radius 2 is 2.00 bits per heavy atom. The van der Waals surface area contributed by atoms with Gasteiger partial charge in [0, 0.05) is 22.2 Å². The quantitative estimate of drug-likeness (QED) is 0.908. The second-order valence-electron chi connectivity index (χ2n) is 5.90. The van der Waals surface area contributed by atoms with Gasteiger partial charge in [-0.15, -0.1) is 0 Å². The van der Waals surface area contributed by atoms with Gasteiger partial charge in [0.15, 0.2) is 11.5 Å². The molecule has 0 aliphatic carbocycles. The SMILES string of the molecule is COc1cc(Cl)c(C2(C)CCCN2)c(C(C)C)c1OC. The van der Waals surface area contributed by atoms with Crippen LogP contribution in [-0.4, -0.2) is 20.8 Å². The van der Waals surface area contributed by atoms with Gasteiger partial charge in [0.1, 0.15) is 0 Å². The molecule has 2 rings (SSSR count). The zero-order valence-electron chi connectivity index (χ0n) is 13.0. The van der Waals surface area contributed by atoms with Gasteiger partial charge in [-0.2, -0.15) is 0 Å². The van der Waals surface area contributed by atoms with Gasteiger partial charge in [-0.25, -0.2) is 0 Å². The van der Waals surface area contributed by atoms with Crippen LogP contribution in [0.3, 0.4) is 0 Å². The number of methoxy groups -OCH3 is 2. The molecule has 0 spiro atoms. The van der Waals surface area contributed by atoms with Crippen LogP contribution in [0.4, 0.5) is 0 Å². The van der Waals surface area contributed by atoms with E-state index in [0.29, 0.717) is 11.7 Å². The number of nitrogens with one attached hydrogen (secondary N) is 1. The number of rotatable bonds is 4. The van der Waals surface area contributed by atoms with E-state index in [1.54, 1.807) is 14.2 Å². The summed E-state index contributed by atoms with van der Waals surface area (Å²) in [5.41, 5.74) is 2.22. The van der Waals surface area contributed by atoms with E-state index in [9.17, 15) is 0 Å². The number of halogens is 1. The van der Waals surface area contributed by atoms with Crippen LogP contribution in [0.25, 0.3) is 0 Å². The molecule has 0 saturated carbocycles. The predicted octanol–water partition coefficient (Wildman–Crippen LogP) is 4.08. The summed E-state index contributed by atoms with van der Waals surface area (Å²) in [5.74, 6) is 1.81. The largest absolute Gasteiger partial charge is 0.493 e. The van der Waals surface area contributed by atoms with Gasteiger partial charge >= 0.3 is 0 Å². The highest BCUT2D eigenvalue weighted by atomic mass is 35.5. The number of hydrogen-bond acceptors (Lipinski definition) is 3. The van der Waals surface area contributed by atoms with Crippen LogP contribution in [0.5, 0.6) is 11.5 Å². The van der Waals surface area contributed by atoms with E-state index in [-0.39, 0.29) is 5.54 Å². The fourth-order valence-electron chi connectivity index (χ4n) is 3.21. The van der Waals surface area contributed by atoms with Crippen molar-refractivity contribution in [3.05, 3.63) is 22.2 Å². The van der Waals surface area contributed by atoms with Crippen molar-refractivity contribution in [2.24, 2.45) is 0 Å². The molecular formula is C16H24ClNO2. The standard InChI is InChI=1S/C16H24ClNO2/c1-10(2)13-14(16(3)7-6-8-18-16)11(17)9-12(19-4)15(13)20-5/h9-10,18H,6-8H2,1-5H3. The van der Waals surface area contributed by atoms with Crippen LogP contribution in [0.2, 0.25) is 5.02 Å². The lowest BCUT2D eigenvalue weighted by Gasteiger charge is -2.32. The first-order chi connectivity index (χ1) is 9.44. The number of hydrogen-bond donors (Lipinski definition) is 1.